The van der Waals surface area contributed by atoms with Gasteiger partial charge in [0, 0.05) is 12.0 Å². The Morgan fingerprint density at radius 1 is 1.50 bits per heavy atom. The van der Waals surface area contributed by atoms with Crippen molar-refractivity contribution in [3.05, 3.63) is 17.7 Å². The predicted octanol–water partition coefficient (Wildman–Crippen LogP) is 2.49. The van der Waals surface area contributed by atoms with E-state index in [1.54, 1.807) is 0 Å². The molecule has 0 aromatic carbocycles. The van der Waals surface area contributed by atoms with E-state index in [1.165, 1.54) is 6.20 Å². The van der Waals surface area contributed by atoms with Crippen LogP contribution >= 0.6 is 0 Å². The monoisotopic (exact) mass is 276 g/mol. The maximum absolute atomic E-state index is 12.4. The number of nitrogens with one attached hydrogen (secondary N) is 1. The van der Waals surface area contributed by atoms with E-state index in [0.717, 1.165) is 19.3 Å². The number of nitrogen functional groups attached to an aromatic ring is 1. The normalized spacial score (nSPS) is 21.1. The summed E-state index contributed by atoms with van der Waals surface area (Å²) in [6.45, 7) is 8.36. The topological polar surface area (TPSA) is 80.9 Å². The fourth-order valence-corrected chi connectivity index (χ4v) is 2.69. The van der Waals surface area contributed by atoms with Crippen LogP contribution in [0.2, 0.25) is 0 Å². The molecule has 1 amide bonds. The molecule has 2 rings (SSSR count). The molecule has 1 aliphatic rings. The van der Waals surface area contributed by atoms with Crippen LogP contribution < -0.4 is 11.1 Å². The molecule has 5 nitrogen and oxygen atoms in total. The maximum Gasteiger partial charge on any atom is 0.272 e. The Morgan fingerprint density at radius 2 is 2.20 bits per heavy atom. The number of aromatic nitrogens is 2. The summed E-state index contributed by atoms with van der Waals surface area (Å²) in [5, 5.41) is 3.08. The number of amides is 1. The molecule has 110 valence electrons. The molecule has 1 fully saturated rings. The second kappa shape index (κ2) is 5.38. The second-order valence-electron chi connectivity index (χ2n) is 6.59. The molecular weight excluding hydrogens is 252 g/mol. The van der Waals surface area contributed by atoms with Crippen molar-refractivity contribution in [3.63, 3.8) is 0 Å². The zero-order chi connectivity index (χ0) is 14.9. The number of carbonyl (C=O) groups is 1. The average molecular weight is 276 g/mol. The van der Waals surface area contributed by atoms with Gasteiger partial charge in [-0.15, -0.1) is 0 Å². The second-order valence-corrected chi connectivity index (χ2v) is 6.59. The van der Waals surface area contributed by atoms with Crippen molar-refractivity contribution in [2.24, 2.45) is 5.41 Å². The molecule has 1 aromatic heterocycles. The molecule has 1 aliphatic carbocycles. The number of carbonyl (C=O) groups excluding carboxylic acids is 1. The smallest absolute Gasteiger partial charge is 0.272 e. The molecular formula is C15H24N4O. The summed E-state index contributed by atoms with van der Waals surface area (Å²) in [6.07, 6.45) is 4.82. The van der Waals surface area contributed by atoms with Crippen molar-refractivity contribution in [3.8, 4) is 0 Å². The van der Waals surface area contributed by atoms with Gasteiger partial charge in [-0.2, -0.15) is 0 Å². The van der Waals surface area contributed by atoms with Gasteiger partial charge in [-0.3, -0.25) is 4.79 Å². The van der Waals surface area contributed by atoms with Crippen molar-refractivity contribution in [2.45, 2.75) is 58.9 Å². The number of hydrogen-bond acceptors (Lipinski definition) is 4. The number of nitrogens with zero attached hydrogens (tertiary/aromatic N) is 2. The van der Waals surface area contributed by atoms with Crippen molar-refractivity contribution in [1.82, 2.24) is 15.3 Å². The summed E-state index contributed by atoms with van der Waals surface area (Å²) >= 11 is 0. The third-order valence-corrected chi connectivity index (χ3v) is 4.13. The average Bonchev–Trinajstić information content (AvgIpc) is 2.68. The molecule has 0 bridgehead atoms. The summed E-state index contributed by atoms with van der Waals surface area (Å²) < 4.78 is 0. The van der Waals surface area contributed by atoms with E-state index in [1.807, 2.05) is 13.8 Å². The number of hydrogen-bond donors (Lipinski definition) is 2. The predicted molar refractivity (Wildman–Crippen MR) is 79.4 cm³/mol. The lowest BCUT2D eigenvalue weighted by atomic mass is 9.87. The fourth-order valence-electron chi connectivity index (χ4n) is 2.69. The summed E-state index contributed by atoms with van der Waals surface area (Å²) in [4.78, 5) is 20.9. The van der Waals surface area contributed by atoms with Gasteiger partial charge in [0.15, 0.2) is 5.69 Å². The van der Waals surface area contributed by atoms with Crippen LogP contribution in [0, 0.1) is 5.41 Å². The number of anilines is 1. The highest BCUT2D eigenvalue weighted by atomic mass is 16.2. The van der Waals surface area contributed by atoms with Crippen LogP contribution in [0.3, 0.4) is 0 Å². The summed E-state index contributed by atoms with van der Waals surface area (Å²) in [5.41, 5.74) is 6.62. The molecule has 3 N–H and O–H groups in total. The maximum atomic E-state index is 12.4. The van der Waals surface area contributed by atoms with Gasteiger partial charge >= 0.3 is 0 Å². The van der Waals surface area contributed by atoms with Crippen LogP contribution in [-0.2, 0) is 0 Å². The van der Waals surface area contributed by atoms with E-state index in [9.17, 15) is 4.79 Å². The van der Waals surface area contributed by atoms with Crippen LogP contribution in [0.25, 0.3) is 0 Å². The van der Waals surface area contributed by atoms with E-state index < -0.39 is 0 Å². The highest BCUT2D eigenvalue weighted by Crippen LogP contribution is 2.37. The number of rotatable bonds is 3. The van der Waals surface area contributed by atoms with Gasteiger partial charge in [0.2, 0.25) is 0 Å². The Kier molecular flexibility index (Phi) is 3.97. The van der Waals surface area contributed by atoms with Crippen LogP contribution in [0.4, 0.5) is 5.69 Å². The minimum Gasteiger partial charge on any atom is -0.396 e. The first-order chi connectivity index (χ1) is 9.31. The molecule has 1 heterocycles. The van der Waals surface area contributed by atoms with Gasteiger partial charge in [-0.05, 0) is 18.3 Å². The Hall–Kier alpha value is -1.65. The SMILES string of the molecule is CC(C)c1ncc(N)c(C(=O)NC2CCCC2(C)C)n1. The number of nitrogens with two attached hydrogens (primary N) is 1. The van der Waals surface area contributed by atoms with E-state index >= 15 is 0 Å². The van der Waals surface area contributed by atoms with E-state index in [-0.39, 0.29) is 23.3 Å². The zero-order valence-electron chi connectivity index (χ0n) is 12.7. The lowest BCUT2D eigenvalue weighted by Crippen LogP contribution is -2.42. The van der Waals surface area contributed by atoms with Crippen LogP contribution in [0.5, 0.6) is 0 Å². The van der Waals surface area contributed by atoms with Crippen molar-refractivity contribution < 1.29 is 4.79 Å². The third-order valence-electron chi connectivity index (χ3n) is 4.13. The molecule has 1 atom stereocenters. The molecule has 1 saturated carbocycles. The van der Waals surface area contributed by atoms with Crippen molar-refractivity contribution in [1.29, 1.82) is 0 Å². The Bertz CT molecular complexity index is 511. The molecule has 1 aromatic rings. The minimum atomic E-state index is -0.188. The van der Waals surface area contributed by atoms with Gasteiger partial charge < -0.3 is 11.1 Å². The first-order valence-electron chi connectivity index (χ1n) is 7.24. The van der Waals surface area contributed by atoms with Gasteiger partial charge in [0.1, 0.15) is 5.82 Å². The quantitative estimate of drug-likeness (QED) is 0.888. The van der Waals surface area contributed by atoms with Crippen molar-refractivity contribution in [2.75, 3.05) is 5.73 Å². The fraction of sp³-hybridized carbons (Fsp3) is 0.667. The van der Waals surface area contributed by atoms with Gasteiger partial charge in [0.25, 0.3) is 5.91 Å². The molecule has 0 aliphatic heterocycles. The van der Waals surface area contributed by atoms with Crippen LogP contribution in [0.15, 0.2) is 6.20 Å². The lowest BCUT2D eigenvalue weighted by Gasteiger charge is -2.27. The minimum absolute atomic E-state index is 0.137. The molecule has 5 heteroatoms. The van der Waals surface area contributed by atoms with Crippen LogP contribution in [-0.4, -0.2) is 21.9 Å². The first-order valence-corrected chi connectivity index (χ1v) is 7.24. The Morgan fingerprint density at radius 3 is 2.75 bits per heavy atom. The summed E-state index contributed by atoms with van der Waals surface area (Å²) in [5.74, 6) is 0.631. The van der Waals surface area contributed by atoms with Gasteiger partial charge in [-0.1, -0.05) is 34.1 Å². The Balaban J connectivity index is 2.19. The standard InChI is InChI=1S/C15H24N4O/c1-9(2)13-17-8-10(16)12(19-13)14(20)18-11-6-5-7-15(11,3)4/h8-9,11H,5-7,16H2,1-4H3,(H,18,20). The van der Waals surface area contributed by atoms with Gasteiger partial charge in [0.05, 0.1) is 11.9 Å². The first kappa shape index (κ1) is 14.8. The zero-order valence-corrected chi connectivity index (χ0v) is 12.7. The summed E-state index contributed by atoms with van der Waals surface area (Å²) in [7, 11) is 0. The lowest BCUT2D eigenvalue weighted by molar-refractivity contribution is 0.0905. The molecule has 1 unspecified atom stereocenters. The van der Waals surface area contributed by atoms with E-state index in [2.05, 4.69) is 29.1 Å². The summed E-state index contributed by atoms with van der Waals surface area (Å²) in [6, 6.07) is 0.187. The van der Waals surface area contributed by atoms with Crippen LogP contribution in [0.1, 0.15) is 69.2 Å². The Labute approximate surface area is 120 Å². The molecule has 0 radical (unpaired) electrons. The molecule has 20 heavy (non-hydrogen) atoms. The molecule has 0 spiro atoms. The largest absolute Gasteiger partial charge is 0.396 e. The van der Waals surface area contributed by atoms with Gasteiger partial charge in [-0.25, -0.2) is 9.97 Å². The highest BCUT2D eigenvalue weighted by Gasteiger charge is 2.36. The van der Waals surface area contributed by atoms with E-state index in [0.29, 0.717) is 17.2 Å². The van der Waals surface area contributed by atoms with Crippen molar-refractivity contribution >= 4 is 11.6 Å². The third kappa shape index (κ3) is 2.92. The highest BCUT2D eigenvalue weighted by molar-refractivity contribution is 5.97. The van der Waals surface area contributed by atoms with E-state index in [4.69, 9.17) is 5.73 Å². The molecule has 0 saturated heterocycles.